The summed E-state index contributed by atoms with van der Waals surface area (Å²) in [6.45, 7) is 0. The van der Waals surface area contributed by atoms with Crippen LogP contribution < -0.4 is 9.47 Å². The molecule has 0 aliphatic carbocycles. The number of benzene rings is 1. The maximum atomic E-state index is 12.9. The molecule has 1 aromatic carbocycles. The highest BCUT2D eigenvalue weighted by molar-refractivity contribution is 5.87. The lowest BCUT2D eigenvalue weighted by molar-refractivity contribution is -0.158. The first-order valence-electron chi connectivity index (χ1n) is 9.03. The van der Waals surface area contributed by atoms with Gasteiger partial charge in [0, 0.05) is 12.4 Å². The summed E-state index contributed by atoms with van der Waals surface area (Å²) in [5.41, 5.74) is 0.913. The molecule has 2 bridgehead atoms. The van der Waals surface area contributed by atoms with E-state index in [9.17, 15) is 9.59 Å². The number of esters is 2. The molecule has 1 aromatic heterocycles. The number of carbonyl (C=O) groups excluding carboxylic acids is 2. The number of carbonyl (C=O) groups is 2. The highest BCUT2D eigenvalue weighted by atomic mass is 16.6. The molecular formula is C21H21NO7. The summed E-state index contributed by atoms with van der Waals surface area (Å²) in [5, 5.41) is 0. The van der Waals surface area contributed by atoms with Crippen LogP contribution in [0.25, 0.3) is 0 Å². The highest BCUT2D eigenvalue weighted by Crippen LogP contribution is 2.65. The topological polar surface area (TPSA) is 93.2 Å². The Balaban J connectivity index is 2.04. The molecule has 1 saturated heterocycles. The van der Waals surface area contributed by atoms with Crippen LogP contribution in [0.3, 0.4) is 0 Å². The lowest BCUT2D eigenvalue weighted by atomic mass is 9.66. The minimum atomic E-state index is -1.24. The number of hydrogen-bond acceptors (Lipinski definition) is 8. The van der Waals surface area contributed by atoms with E-state index >= 15 is 0 Å². The van der Waals surface area contributed by atoms with Gasteiger partial charge < -0.3 is 23.7 Å². The fourth-order valence-corrected chi connectivity index (χ4v) is 4.55. The summed E-state index contributed by atoms with van der Waals surface area (Å²) in [7, 11) is 5.65. The van der Waals surface area contributed by atoms with Crippen LogP contribution in [0.2, 0.25) is 0 Å². The number of ether oxygens (including phenoxy) is 5. The molecule has 0 N–H and O–H groups in total. The van der Waals surface area contributed by atoms with Gasteiger partial charge >= 0.3 is 11.9 Å². The lowest BCUT2D eigenvalue weighted by Gasteiger charge is -2.35. The predicted molar refractivity (Wildman–Crippen MR) is 99.4 cm³/mol. The molecule has 2 aromatic rings. The molecule has 3 heterocycles. The van der Waals surface area contributed by atoms with E-state index in [1.54, 1.807) is 36.7 Å². The second-order valence-electron chi connectivity index (χ2n) is 6.85. The largest absolute Gasteiger partial charge is 0.493 e. The van der Waals surface area contributed by atoms with Gasteiger partial charge in [0.1, 0.15) is 17.4 Å². The molecule has 0 spiro atoms. The van der Waals surface area contributed by atoms with Crippen LogP contribution in [0.4, 0.5) is 0 Å². The molecule has 8 heteroatoms. The van der Waals surface area contributed by atoms with Gasteiger partial charge in [-0.15, -0.1) is 0 Å². The molecule has 0 amide bonds. The minimum absolute atomic E-state index is 0.495. The van der Waals surface area contributed by atoms with Gasteiger partial charge in [0.25, 0.3) is 0 Å². The Morgan fingerprint density at radius 1 is 0.966 bits per heavy atom. The van der Waals surface area contributed by atoms with Crippen molar-refractivity contribution in [3.05, 3.63) is 53.3 Å². The molecular weight excluding hydrogens is 378 g/mol. The molecule has 0 radical (unpaired) electrons. The zero-order valence-corrected chi connectivity index (χ0v) is 16.5. The molecule has 4 rings (SSSR count). The zero-order chi connectivity index (χ0) is 20.8. The van der Waals surface area contributed by atoms with E-state index in [4.69, 9.17) is 23.7 Å². The van der Waals surface area contributed by atoms with E-state index in [1.807, 2.05) is 0 Å². The number of rotatable bonds is 5. The molecule has 2 aliphatic rings. The van der Waals surface area contributed by atoms with Crippen LogP contribution in [-0.4, -0.2) is 45.4 Å². The lowest BCUT2D eigenvalue weighted by Crippen LogP contribution is -2.45. The van der Waals surface area contributed by atoms with Gasteiger partial charge in [-0.1, -0.05) is 0 Å². The second-order valence-corrected chi connectivity index (χ2v) is 6.85. The number of pyridine rings is 1. The normalized spacial score (nSPS) is 26.6. The first-order chi connectivity index (χ1) is 14.0. The summed E-state index contributed by atoms with van der Waals surface area (Å²) in [4.78, 5) is 29.7. The molecule has 8 nitrogen and oxygen atoms in total. The zero-order valence-electron chi connectivity index (χ0n) is 16.5. The standard InChI is InChI=1S/C21H21NO7/c1-25-14-9-12-13(10-15(14)26-2)21(11-5-7-22-8-6-11)17(20(24)28-4)16(18(12)29-21)19(23)27-3/h5-10,16-18H,1-4H3/t16-,17-,18-,21+/m0/s1. The number of methoxy groups -OCH3 is 4. The number of aromatic nitrogens is 1. The summed E-state index contributed by atoms with van der Waals surface area (Å²) in [5.74, 6) is -1.90. The van der Waals surface area contributed by atoms with Crippen LogP contribution in [0.1, 0.15) is 22.8 Å². The average Bonchev–Trinajstić information content (AvgIpc) is 3.30. The fourth-order valence-electron chi connectivity index (χ4n) is 4.55. The number of nitrogens with zero attached hydrogens (tertiary/aromatic N) is 1. The van der Waals surface area contributed by atoms with E-state index in [0.717, 1.165) is 11.1 Å². The van der Waals surface area contributed by atoms with Crippen LogP contribution in [0.5, 0.6) is 11.5 Å². The minimum Gasteiger partial charge on any atom is -0.493 e. The van der Waals surface area contributed by atoms with E-state index in [0.29, 0.717) is 17.1 Å². The third kappa shape index (κ3) is 2.52. The Morgan fingerprint density at radius 3 is 2.17 bits per heavy atom. The highest BCUT2D eigenvalue weighted by Gasteiger charge is 2.68. The Bertz CT molecular complexity index is 961. The van der Waals surface area contributed by atoms with Crippen molar-refractivity contribution in [3.8, 4) is 11.5 Å². The fraction of sp³-hybridized carbons (Fsp3) is 0.381. The Kier molecular flexibility index (Phi) is 4.66. The molecule has 0 unspecified atom stereocenters. The maximum absolute atomic E-state index is 12.9. The second kappa shape index (κ2) is 7.04. The molecule has 1 fully saturated rings. The van der Waals surface area contributed by atoms with Gasteiger partial charge in [0.15, 0.2) is 11.5 Å². The van der Waals surface area contributed by atoms with E-state index < -0.39 is 35.5 Å². The van der Waals surface area contributed by atoms with Crippen LogP contribution >= 0.6 is 0 Å². The van der Waals surface area contributed by atoms with Crippen molar-refractivity contribution < 1.29 is 33.3 Å². The van der Waals surface area contributed by atoms with E-state index in [-0.39, 0.29) is 0 Å². The first-order valence-corrected chi connectivity index (χ1v) is 9.03. The number of fused-ring (bicyclic) bond motifs is 5. The Hall–Kier alpha value is -3.13. The van der Waals surface area contributed by atoms with Crippen molar-refractivity contribution in [2.45, 2.75) is 11.7 Å². The third-order valence-corrected chi connectivity index (χ3v) is 5.74. The van der Waals surface area contributed by atoms with Gasteiger partial charge in [0.2, 0.25) is 0 Å². The monoisotopic (exact) mass is 399 g/mol. The summed E-state index contributed by atoms with van der Waals surface area (Å²) < 4.78 is 27.4. The van der Waals surface area contributed by atoms with Crippen molar-refractivity contribution in [2.75, 3.05) is 28.4 Å². The smallest absolute Gasteiger partial charge is 0.313 e. The van der Waals surface area contributed by atoms with Gasteiger partial charge in [0.05, 0.1) is 34.5 Å². The van der Waals surface area contributed by atoms with Crippen LogP contribution in [0, 0.1) is 11.8 Å². The average molecular weight is 399 g/mol. The van der Waals surface area contributed by atoms with Crippen molar-refractivity contribution in [1.82, 2.24) is 4.98 Å². The SMILES string of the molecule is COC(=O)[C@H]1[C@@H](C(=O)OC)[C@]2(c3ccncc3)O[C@H]1c1cc(OC)c(OC)cc12. The molecule has 2 aliphatic heterocycles. The van der Waals surface area contributed by atoms with E-state index in [2.05, 4.69) is 4.98 Å². The quantitative estimate of drug-likeness (QED) is 0.705. The van der Waals surface area contributed by atoms with Gasteiger partial charge in [-0.05, 0) is 41.0 Å². The number of hydrogen-bond donors (Lipinski definition) is 0. The summed E-state index contributed by atoms with van der Waals surface area (Å²) >= 11 is 0. The Morgan fingerprint density at radius 2 is 1.59 bits per heavy atom. The van der Waals surface area contributed by atoms with Crippen molar-refractivity contribution in [3.63, 3.8) is 0 Å². The van der Waals surface area contributed by atoms with Gasteiger partial charge in [-0.2, -0.15) is 0 Å². The van der Waals surface area contributed by atoms with Crippen molar-refractivity contribution in [1.29, 1.82) is 0 Å². The molecule has 152 valence electrons. The van der Waals surface area contributed by atoms with Crippen molar-refractivity contribution >= 4 is 11.9 Å². The molecule has 0 saturated carbocycles. The summed E-state index contributed by atoms with van der Waals surface area (Å²) in [6.07, 6.45) is 2.52. The molecule has 4 atom stereocenters. The van der Waals surface area contributed by atoms with Gasteiger partial charge in [-0.3, -0.25) is 14.6 Å². The third-order valence-electron chi connectivity index (χ3n) is 5.74. The summed E-state index contributed by atoms with van der Waals surface area (Å²) in [6, 6.07) is 7.10. The molecule has 29 heavy (non-hydrogen) atoms. The van der Waals surface area contributed by atoms with E-state index in [1.165, 1.54) is 28.4 Å². The first kappa shape index (κ1) is 19.2. The maximum Gasteiger partial charge on any atom is 0.313 e. The Labute approximate surface area is 167 Å². The van der Waals surface area contributed by atoms with Gasteiger partial charge in [-0.25, -0.2) is 0 Å². The van der Waals surface area contributed by atoms with Crippen LogP contribution in [0.15, 0.2) is 36.7 Å². The van der Waals surface area contributed by atoms with Crippen molar-refractivity contribution in [2.24, 2.45) is 11.8 Å². The van der Waals surface area contributed by atoms with Crippen LogP contribution in [-0.2, 0) is 29.4 Å². The predicted octanol–water partition coefficient (Wildman–Crippen LogP) is 2.01.